The Bertz CT molecular complexity index is 2770. The summed E-state index contributed by atoms with van der Waals surface area (Å²) in [6, 6.07) is 19.7. The van der Waals surface area contributed by atoms with Gasteiger partial charge in [-0.15, -0.1) is 0 Å². The average molecular weight is 944 g/mol. The molecule has 0 saturated carbocycles. The Kier molecular flexibility index (Phi) is 10.7. The van der Waals surface area contributed by atoms with Gasteiger partial charge in [-0.05, 0) is 48.1 Å². The lowest BCUT2D eigenvalue weighted by Gasteiger charge is -2.53. The number of ketones is 2. The lowest BCUT2D eigenvalue weighted by atomic mass is 9.72. The number of amides is 2. The molecule has 6 fully saturated rings. The van der Waals surface area contributed by atoms with Crippen LogP contribution in [0.1, 0.15) is 98.7 Å². The second kappa shape index (κ2) is 16.6. The highest BCUT2D eigenvalue weighted by Crippen LogP contribution is 2.54. The van der Waals surface area contributed by atoms with Gasteiger partial charge in [0.25, 0.3) is 5.91 Å². The van der Waals surface area contributed by atoms with Crippen LogP contribution in [0, 0.1) is 0 Å². The molecule has 69 heavy (non-hydrogen) atoms. The summed E-state index contributed by atoms with van der Waals surface area (Å²) in [6.07, 6.45) is -4.20. The fourth-order valence-corrected chi connectivity index (χ4v) is 12.7. The highest BCUT2D eigenvalue weighted by molar-refractivity contribution is 6.31. The van der Waals surface area contributed by atoms with Crippen LogP contribution >= 0.6 is 0 Å². The molecule has 9 aliphatic rings. The van der Waals surface area contributed by atoms with Gasteiger partial charge in [0.05, 0.1) is 48.7 Å². The van der Waals surface area contributed by atoms with Gasteiger partial charge in [-0.25, -0.2) is 4.79 Å². The van der Waals surface area contributed by atoms with Crippen LogP contribution in [-0.2, 0) is 39.6 Å². The van der Waals surface area contributed by atoms with E-state index in [0.29, 0.717) is 26.0 Å². The third-order valence-electron chi connectivity index (χ3n) is 15.9. The van der Waals surface area contributed by atoms with E-state index < -0.39 is 108 Å². The molecule has 1 unspecified atom stereocenters. The van der Waals surface area contributed by atoms with Crippen LogP contribution in [0.2, 0.25) is 0 Å². The number of aliphatic hydroxyl groups is 1. The fraction of sp³-hybridized carbons (Fsp3) is 0.462. The van der Waals surface area contributed by atoms with Crippen LogP contribution in [0.3, 0.4) is 0 Å². The monoisotopic (exact) mass is 943 g/mol. The summed E-state index contributed by atoms with van der Waals surface area (Å²) < 4.78 is 42.5. The van der Waals surface area contributed by atoms with Gasteiger partial charge in [-0.1, -0.05) is 60.7 Å². The van der Waals surface area contributed by atoms with E-state index in [1.54, 1.807) is 23.0 Å². The van der Waals surface area contributed by atoms with Gasteiger partial charge in [0.2, 0.25) is 5.78 Å². The van der Waals surface area contributed by atoms with Crippen LogP contribution in [0.4, 0.5) is 4.79 Å². The van der Waals surface area contributed by atoms with E-state index in [1.165, 1.54) is 19.2 Å². The number of piperazine rings is 1. The Labute approximate surface area is 397 Å². The molecule has 4 aromatic rings. The van der Waals surface area contributed by atoms with Crippen molar-refractivity contribution in [2.75, 3.05) is 47.1 Å². The van der Waals surface area contributed by atoms with Crippen molar-refractivity contribution >= 4 is 23.6 Å². The van der Waals surface area contributed by atoms with E-state index in [1.807, 2.05) is 31.2 Å². The smallest absolute Gasteiger partial charge is 0.410 e. The van der Waals surface area contributed by atoms with Gasteiger partial charge in [0.15, 0.2) is 24.6 Å². The van der Waals surface area contributed by atoms with E-state index in [0.717, 1.165) is 22.3 Å². The molecule has 6 heterocycles. The first-order valence-corrected chi connectivity index (χ1v) is 23.8. The van der Waals surface area contributed by atoms with Gasteiger partial charge in [0.1, 0.15) is 35.6 Å². The number of hydrogen-bond donors (Lipinski definition) is 3. The van der Waals surface area contributed by atoms with E-state index in [-0.39, 0.29) is 72.2 Å². The van der Waals surface area contributed by atoms with Crippen LogP contribution in [0.15, 0.2) is 66.7 Å². The van der Waals surface area contributed by atoms with Gasteiger partial charge >= 0.3 is 6.09 Å². The number of morpholine rings is 1. The molecule has 360 valence electrons. The number of ether oxygens (including phenoxy) is 7. The van der Waals surface area contributed by atoms with Gasteiger partial charge in [0, 0.05) is 80.7 Å². The van der Waals surface area contributed by atoms with Crippen molar-refractivity contribution in [2.45, 2.75) is 106 Å². The number of rotatable bonds is 7. The third kappa shape index (κ3) is 6.76. The predicted molar refractivity (Wildman–Crippen MR) is 242 cm³/mol. The Morgan fingerprint density at radius 2 is 1.51 bits per heavy atom. The zero-order valence-corrected chi connectivity index (χ0v) is 38.4. The van der Waals surface area contributed by atoms with Crippen LogP contribution in [0.25, 0.3) is 11.1 Å². The largest absolute Gasteiger partial charge is 0.507 e. The Hall–Kier alpha value is -5.92. The SMILES string of the molecule is COc1cccc2c1C(=O)c1c(O)c3c(c(O)c1C2=O)C[C@@](O)(C(=O)N1C[C@H]2CCC1CN2C(=O)OCC1c2ccccc2-c2ccccc21)C[C@@H]3O[C@H]1C[C@H]2[C@H](O[C@@H]3[C@@H](OC)OCCN32)[C@H](C)O1. The van der Waals surface area contributed by atoms with E-state index in [2.05, 4.69) is 29.2 Å². The number of piperidine rings is 2. The number of phenols is 2. The van der Waals surface area contributed by atoms with Crippen molar-refractivity contribution in [1.29, 1.82) is 0 Å². The summed E-state index contributed by atoms with van der Waals surface area (Å²) in [5.74, 6) is -3.39. The summed E-state index contributed by atoms with van der Waals surface area (Å²) in [5, 5.41) is 37.4. The Morgan fingerprint density at radius 1 is 0.826 bits per heavy atom. The Balaban J connectivity index is 0.839. The number of carbonyl (C=O) groups excluding carboxylic acids is 4. The van der Waals surface area contributed by atoms with E-state index in [9.17, 15) is 29.7 Å². The van der Waals surface area contributed by atoms with Crippen molar-refractivity contribution < 1.29 is 67.7 Å². The van der Waals surface area contributed by atoms with Crippen LogP contribution in [-0.4, -0.2) is 155 Å². The Morgan fingerprint density at radius 3 is 2.20 bits per heavy atom. The first kappa shape index (κ1) is 44.3. The molecule has 10 atom stereocenters. The number of nitrogens with zero attached hydrogens (tertiary/aromatic N) is 3. The minimum Gasteiger partial charge on any atom is -0.507 e. The minimum absolute atomic E-state index is 0.0307. The van der Waals surface area contributed by atoms with Crippen LogP contribution < -0.4 is 4.74 Å². The second-order valence-electron chi connectivity index (χ2n) is 19.5. The predicted octanol–water partition coefficient (Wildman–Crippen LogP) is 4.77. The summed E-state index contributed by atoms with van der Waals surface area (Å²) in [5.41, 5.74) is 1.10. The molecule has 0 radical (unpaired) electrons. The maximum absolute atomic E-state index is 15.1. The molecule has 13 rings (SSSR count). The molecular formula is C52H53N3O14. The number of hydrogen-bond acceptors (Lipinski definition) is 15. The highest BCUT2D eigenvalue weighted by Gasteiger charge is 2.57. The lowest BCUT2D eigenvalue weighted by Crippen LogP contribution is -2.68. The summed E-state index contributed by atoms with van der Waals surface area (Å²) in [6.45, 7) is 3.28. The first-order valence-electron chi connectivity index (χ1n) is 23.8. The number of carbonyl (C=O) groups is 4. The quantitative estimate of drug-likeness (QED) is 0.188. The van der Waals surface area contributed by atoms with Gasteiger partial charge in [-0.2, -0.15) is 0 Å². The topological polar surface area (TPSA) is 203 Å². The molecule has 0 spiro atoms. The molecule has 17 nitrogen and oxygen atoms in total. The van der Waals surface area contributed by atoms with Crippen LogP contribution in [0.5, 0.6) is 17.2 Å². The zero-order chi connectivity index (χ0) is 47.6. The number of phenolic OH excluding ortho intramolecular Hbond substituents is 2. The molecule has 2 bridgehead atoms. The molecule has 3 aliphatic carbocycles. The van der Waals surface area contributed by atoms with Crippen molar-refractivity contribution in [2.24, 2.45) is 0 Å². The standard InChI is InChI=1S/C52H53N3O14/c1-25-47-35(53-17-18-65-49(64-3)48(53)69-47)19-38(67-25)68-37-21-52(62,20-33-40(37)46(59)42-41(44(33)57)43(56)32-13-8-14-36(63-2)39(32)45(42)58)50(60)54-22-27-16-15-26(54)23-55(27)51(61)66-24-34-30-11-6-4-9-28(30)29-10-5-7-12-31(29)34/h4-14,25-27,34-35,37-38,47-49,57,59,62H,15-24H2,1-3H3/t25-,26?,27+,35-,37-,38-,47+,48+,49-,52-/m0/s1. The molecular weight excluding hydrogens is 891 g/mol. The van der Waals surface area contributed by atoms with E-state index >= 15 is 4.79 Å². The number of methoxy groups -OCH3 is 2. The fourth-order valence-electron chi connectivity index (χ4n) is 12.7. The first-order chi connectivity index (χ1) is 33.4. The van der Waals surface area contributed by atoms with Crippen molar-refractivity contribution in [3.63, 3.8) is 0 Å². The van der Waals surface area contributed by atoms with Crippen molar-refractivity contribution in [1.82, 2.24) is 14.7 Å². The molecule has 0 aromatic heterocycles. The van der Waals surface area contributed by atoms with Gasteiger partial charge in [-0.3, -0.25) is 19.3 Å². The number of fused-ring (bicyclic) bond motifs is 12. The summed E-state index contributed by atoms with van der Waals surface area (Å²) >= 11 is 0. The maximum atomic E-state index is 15.1. The summed E-state index contributed by atoms with van der Waals surface area (Å²) in [4.78, 5) is 63.1. The van der Waals surface area contributed by atoms with E-state index in [4.69, 9.17) is 33.2 Å². The second-order valence-corrected chi connectivity index (χ2v) is 19.5. The lowest BCUT2D eigenvalue weighted by molar-refractivity contribution is -0.256. The van der Waals surface area contributed by atoms with Crippen molar-refractivity contribution in [3.8, 4) is 28.4 Å². The third-order valence-corrected chi connectivity index (χ3v) is 15.9. The minimum atomic E-state index is -2.25. The molecule has 2 amide bonds. The normalized spacial score (nSPS) is 31.0. The molecule has 3 N–H and O–H groups in total. The zero-order valence-electron chi connectivity index (χ0n) is 38.4. The molecule has 17 heteroatoms. The number of aromatic hydroxyl groups is 2. The number of benzene rings is 4. The van der Waals surface area contributed by atoms with Crippen molar-refractivity contribution in [3.05, 3.63) is 111 Å². The summed E-state index contributed by atoms with van der Waals surface area (Å²) in [7, 11) is 2.92. The molecule has 6 aliphatic heterocycles. The maximum Gasteiger partial charge on any atom is 0.410 e. The highest BCUT2D eigenvalue weighted by atomic mass is 16.7. The molecule has 6 saturated heterocycles. The molecule has 4 aromatic carbocycles. The average Bonchev–Trinajstić information content (AvgIpc) is 3.91. The van der Waals surface area contributed by atoms with Gasteiger partial charge < -0.3 is 58.3 Å².